The Kier molecular flexibility index (Phi) is 56.9. The van der Waals surface area contributed by atoms with Crippen LogP contribution in [0.15, 0.2) is 122 Å². The van der Waals surface area contributed by atoms with Crippen molar-refractivity contribution in [2.75, 3.05) is 13.2 Å². The topological polar surface area (TPSA) is 78.9 Å². The van der Waals surface area contributed by atoms with Gasteiger partial charge in [0, 0.05) is 19.3 Å². The van der Waals surface area contributed by atoms with Crippen LogP contribution in [-0.4, -0.2) is 37.2 Å². The molecule has 0 heterocycles. The van der Waals surface area contributed by atoms with Gasteiger partial charge in [-0.1, -0.05) is 271 Å². The van der Waals surface area contributed by atoms with E-state index in [1.807, 2.05) is 0 Å². The number of carbonyl (C=O) groups is 3. The molecule has 0 aromatic carbocycles. The molecule has 0 saturated carbocycles. The maximum atomic E-state index is 12.8. The van der Waals surface area contributed by atoms with Gasteiger partial charge in [0.05, 0.1) is 0 Å². The Balaban J connectivity index is 4.15. The first-order chi connectivity index (χ1) is 36.0. The summed E-state index contributed by atoms with van der Waals surface area (Å²) in [5.74, 6) is -0.920. The minimum absolute atomic E-state index is 0.0854. The summed E-state index contributed by atoms with van der Waals surface area (Å²) in [6.45, 7) is 6.44. The monoisotopic (exact) mass is 1010 g/mol. The molecular weight excluding hydrogens is 901 g/mol. The first-order valence-corrected chi connectivity index (χ1v) is 30.0. The number of ether oxygens (including phenoxy) is 3. The largest absolute Gasteiger partial charge is 0.462 e. The van der Waals surface area contributed by atoms with Crippen LogP contribution in [0.25, 0.3) is 0 Å². The van der Waals surface area contributed by atoms with Crippen molar-refractivity contribution in [3.8, 4) is 0 Å². The average molecular weight is 1010 g/mol. The molecular formula is C67H110O6. The molecule has 0 radical (unpaired) electrons. The molecule has 0 aromatic rings. The normalized spacial score (nSPS) is 13.0. The molecule has 0 bridgehead atoms. The number of allylic oxidation sites excluding steroid dienone is 20. The van der Waals surface area contributed by atoms with E-state index in [2.05, 4.69) is 142 Å². The van der Waals surface area contributed by atoms with E-state index < -0.39 is 6.10 Å². The lowest BCUT2D eigenvalue weighted by Crippen LogP contribution is -2.30. The zero-order valence-electron chi connectivity index (χ0n) is 47.4. The Morgan fingerprint density at radius 2 is 0.534 bits per heavy atom. The Hall–Kier alpha value is -4.19. The van der Waals surface area contributed by atoms with Crippen LogP contribution in [0.4, 0.5) is 0 Å². The second kappa shape index (κ2) is 60.4. The minimum atomic E-state index is -0.785. The van der Waals surface area contributed by atoms with Crippen LogP contribution in [0.3, 0.4) is 0 Å². The molecule has 0 rings (SSSR count). The highest BCUT2D eigenvalue weighted by Gasteiger charge is 2.19. The number of rotatable bonds is 53. The van der Waals surface area contributed by atoms with Gasteiger partial charge in [-0.15, -0.1) is 0 Å². The van der Waals surface area contributed by atoms with Crippen molar-refractivity contribution in [1.29, 1.82) is 0 Å². The van der Waals surface area contributed by atoms with Gasteiger partial charge >= 0.3 is 17.9 Å². The van der Waals surface area contributed by atoms with Crippen molar-refractivity contribution in [2.24, 2.45) is 0 Å². The van der Waals surface area contributed by atoms with Crippen molar-refractivity contribution >= 4 is 17.9 Å². The predicted molar refractivity (Wildman–Crippen MR) is 316 cm³/mol. The van der Waals surface area contributed by atoms with Crippen molar-refractivity contribution in [3.05, 3.63) is 122 Å². The Morgan fingerprint density at radius 1 is 0.288 bits per heavy atom. The van der Waals surface area contributed by atoms with Gasteiger partial charge in [-0.3, -0.25) is 14.4 Å². The van der Waals surface area contributed by atoms with Crippen molar-refractivity contribution in [3.63, 3.8) is 0 Å². The van der Waals surface area contributed by atoms with Gasteiger partial charge in [-0.2, -0.15) is 0 Å². The molecule has 0 fully saturated rings. The van der Waals surface area contributed by atoms with Gasteiger partial charge in [0.15, 0.2) is 6.10 Å². The molecule has 0 N–H and O–H groups in total. The van der Waals surface area contributed by atoms with E-state index in [1.54, 1.807) is 0 Å². The van der Waals surface area contributed by atoms with E-state index >= 15 is 0 Å². The molecule has 73 heavy (non-hydrogen) atoms. The fourth-order valence-electron chi connectivity index (χ4n) is 8.00. The molecule has 0 aromatic heterocycles. The SMILES string of the molecule is CC/C=C\C/C=C\C/C=C\C/C=C\C/C=C\C/C=C\C/C=C\C/C=C\C/C=C\C/C=C\CCCCCCC(=O)OCC(COC(=O)CCCCCCCC)OC(=O)CCCCCCCCCCCCCCCC. The molecule has 1 unspecified atom stereocenters. The summed E-state index contributed by atoms with van der Waals surface area (Å²) in [7, 11) is 0. The number of hydrogen-bond acceptors (Lipinski definition) is 6. The number of unbranched alkanes of at least 4 members (excludes halogenated alkanes) is 22. The third-order valence-corrected chi connectivity index (χ3v) is 12.5. The van der Waals surface area contributed by atoms with Crippen LogP contribution in [0.1, 0.15) is 265 Å². The average Bonchev–Trinajstić information content (AvgIpc) is 3.39. The molecule has 0 spiro atoms. The minimum Gasteiger partial charge on any atom is -0.462 e. The van der Waals surface area contributed by atoms with Gasteiger partial charge in [-0.25, -0.2) is 0 Å². The van der Waals surface area contributed by atoms with Gasteiger partial charge < -0.3 is 14.2 Å². The second-order valence-corrected chi connectivity index (χ2v) is 19.5. The summed E-state index contributed by atoms with van der Waals surface area (Å²) in [5, 5.41) is 0. The summed E-state index contributed by atoms with van der Waals surface area (Å²) in [4.78, 5) is 37.8. The number of hydrogen-bond donors (Lipinski definition) is 0. The number of carbonyl (C=O) groups excluding carboxylic acids is 3. The summed E-state index contributed by atoms with van der Waals surface area (Å²) >= 11 is 0. The lowest BCUT2D eigenvalue weighted by Gasteiger charge is -2.18. The Morgan fingerprint density at radius 3 is 0.836 bits per heavy atom. The Labute approximate surface area is 450 Å². The summed E-state index contributed by atoms with van der Waals surface area (Å²) in [5.41, 5.74) is 0. The maximum Gasteiger partial charge on any atom is 0.306 e. The third-order valence-electron chi connectivity index (χ3n) is 12.5. The maximum absolute atomic E-state index is 12.8. The molecule has 0 aliphatic heterocycles. The second-order valence-electron chi connectivity index (χ2n) is 19.5. The predicted octanol–water partition coefficient (Wildman–Crippen LogP) is 20.4. The van der Waals surface area contributed by atoms with Gasteiger partial charge in [0.2, 0.25) is 0 Å². The van der Waals surface area contributed by atoms with Crippen molar-refractivity contribution in [1.82, 2.24) is 0 Å². The summed E-state index contributed by atoms with van der Waals surface area (Å²) in [6, 6.07) is 0. The Bertz CT molecular complexity index is 1540. The number of esters is 3. The summed E-state index contributed by atoms with van der Waals surface area (Å²) in [6.07, 6.45) is 83.8. The first-order valence-electron chi connectivity index (χ1n) is 30.0. The van der Waals surface area contributed by atoms with Gasteiger partial charge in [0.25, 0.3) is 0 Å². The molecule has 0 aliphatic rings. The molecule has 0 amide bonds. The fraction of sp³-hybridized carbons (Fsp3) is 0.657. The molecule has 1 atom stereocenters. The molecule has 6 heteroatoms. The van der Waals surface area contributed by atoms with E-state index in [0.29, 0.717) is 19.3 Å². The zero-order valence-corrected chi connectivity index (χ0v) is 47.4. The van der Waals surface area contributed by atoms with E-state index in [4.69, 9.17) is 14.2 Å². The lowest BCUT2D eigenvalue weighted by molar-refractivity contribution is -0.167. The third kappa shape index (κ3) is 58.6. The first kappa shape index (κ1) is 68.8. The highest BCUT2D eigenvalue weighted by atomic mass is 16.6. The fourth-order valence-corrected chi connectivity index (χ4v) is 8.00. The van der Waals surface area contributed by atoms with Crippen molar-refractivity contribution in [2.45, 2.75) is 271 Å². The highest BCUT2D eigenvalue weighted by Crippen LogP contribution is 2.15. The van der Waals surface area contributed by atoms with Crippen LogP contribution < -0.4 is 0 Å². The van der Waals surface area contributed by atoms with Crippen LogP contribution in [0.2, 0.25) is 0 Å². The van der Waals surface area contributed by atoms with Crippen LogP contribution in [-0.2, 0) is 28.6 Å². The summed E-state index contributed by atoms with van der Waals surface area (Å²) < 4.78 is 16.7. The van der Waals surface area contributed by atoms with E-state index in [1.165, 1.54) is 89.9 Å². The lowest BCUT2D eigenvalue weighted by atomic mass is 10.0. The van der Waals surface area contributed by atoms with Crippen LogP contribution >= 0.6 is 0 Å². The highest BCUT2D eigenvalue weighted by molar-refractivity contribution is 5.71. The van der Waals surface area contributed by atoms with Crippen molar-refractivity contribution < 1.29 is 28.6 Å². The quantitative estimate of drug-likeness (QED) is 0.0261. The molecule has 0 aliphatic carbocycles. The van der Waals surface area contributed by atoms with E-state index in [0.717, 1.165) is 135 Å². The molecule has 0 saturated heterocycles. The van der Waals surface area contributed by atoms with E-state index in [-0.39, 0.29) is 31.1 Å². The van der Waals surface area contributed by atoms with Crippen LogP contribution in [0, 0.1) is 0 Å². The van der Waals surface area contributed by atoms with Gasteiger partial charge in [0.1, 0.15) is 13.2 Å². The molecule has 6 nitrogen and oxygen atoms in total. The van der Waals surface area contributed by atoms with Crippen LogP contribution in [0.5, 0.6) is 0 Å². The van der Waals surface area contributed by atoms with Gasteiger partial charge in [-0.05, 0) is 96.3 Å². The zero-order chi connectivity index (χ0) is 52.9. The smallest absolute Gasteiger partial charge is 0.306 e. The van der Waals surface area contributed by atoms with E-state index in [9.17, 15) is 14.4 Å². The molecule has 414 valence electrons. The standard InChI is InChI=1S/C67H110O6/c1-4-7-10-13-16-18-20-22-24-25-26-27-28-29-30-31-32-33-34-35-36-37-38-39-40-41-42-43-44-46-47-49-51-54-57-60-66(69)72-63-64(62-71-65(68)59-56-53-15-12-9-6-3)73-67(70)61-58-55-52-50-48-45-23-21-19-17-14-11-8-5-2/h7,10,16,18,22,24,26-27,29-30,32-33,35-36,38-39,41-42,44,46,64H,4-6,8-9,11-15,17,19-21,23,25,28,31,34,37,40,43,45,47-63H2,1-3H3/b10-7-,18-16-,24-22-,27-26-,30-29-,33-32-,36-35-,39-38-,42-41-,46-44-.